The fraction of sp³-hybridized carbons (Fsp3) is 0.200. The number of benzene rings is 2. The van der Waals surface area contributed by atoms with Gasteiger partial charge in [-0.05, 0) is 24.3 Å². The molecule has 1 aliphatic rings. The second-order valence-corrected chi connectivity index (χ2v) is 8.42. The van der Waals surface area contributed by atoms with E-state index in [1.54, 1.807) is 42.5 Å². The van der Waals surface area contributed by atoms with E-state index in [2.05, 4.69) is 20.8 Å². The van der Waals surface area contributed by atoms with Gasteiger partial charge in [0.15, 0.2) is 15.8 Å². The lowest BCUT2D eigenvalue weighted by atomic mass is 10.2. The molecular weight excluding hydrogens is 440 g/mol. The van der Waals surface area contributed by atoms with Gasteiger partial charge in [0.25, 0.3) is 5.91 Å². The van der Waals surface area contributed by atoms with Gasteiger partial charge in [0.1, 0.15) is 19.0 Å². The Balaban J connectivity index is 1.30. The molecule has 3 aromatic rings. The van der Waals surface area contributed by atoms with E-state index in [1.165, 1.54) is 30.2 Å². The molecule has 0 aliphatic carbocycles. The fourth-order valence-electron chi connectivity index (χ4n) is 2.76. The molecule has 160 valence electrons. The Labute approximate surface area is 186 Å². The number of aromatic nitrogens is 2. The molecule has 0 fully saturated rings. The summed E-state index contributed by atoms with van der Waals surface area (Å²) < 4.78 is 16.7. The van der Waals surface area contributed by atoms with Crippen molar-refractivity contribution in [1.29, 1.82) is 0 Å². The molecule has 0 bridgehead atoms. The molecule has 4 rings (SSSR count). The lowest BCUT2D eigenvalue weighted by Gasteiger charge is -2.18. The van der Waals surface area contributed by atoms with Gasteiger partial charge in [-0.15, -0.1) is 10.2 Å². The maximum atomic E-state index is 12.4. The number of carbonyl (C=O) groups excluding carboxylic acids is 2. The summed E-state index contributed by atoms with van der Waals surface area (Å²) in [5.41, 5.74) is 1.02. The molecular formula is C20H18N4O5S2. The van der Waals surface area contributed by atoms with Gasteiger partial charge in [0.2, 0.25) is 11.0 Å². The molecule has 0 spiro atoms. The number of nitrogens with zero attached hydrogens (tertiary/aromatic N) is 2. The van der Waals surface area contributed by atoms with Crippen LogP contribution in [0.15, 0.2) is 46.8 Å². The molecule has 0 unspecified atom stereocenters. The highest BCUT2D eigenvalue weighted by Crippen LogP contribution is 2.33. The lowest BCUT2D eigenvalue weighted by molar-refractivity contribution is -0.113. The second kappa shape index (κ2) is 9.67. The Morgan fingerprint density at radius 3 is 2.74 bits per heavy atom. The quantitative estimate of drug-likeness (QED) is 0.410. The number of para-hydroxylation sites is 1. The molecule has 2 aromatic carbocycles. The summed E-state index contributed by atoms with van der Waals surface area (Å²) in [6.45, 7) is 0.992. The first-order valence-electron chi connectivity index (χ1n) is 9.22. The average molecular weight is 459 g/mol. The van der Waals surface area contributed by atoms with Gasteiger partial charge in [0, 0.05) is 11.8 Å². The monoisotopic (exact) mass is 458 g/mol. The number of anilines is 2. The van der Waals surface area contributed by atoms with Crippen molar-refractivity contribution in [2.24, 2.45) is 0 Å². The Kier molecular flexibility index (Phi) is 6.53. The van der Waals surface area contributed by atoms with Crippen LogP contribution in [0.25, 0.3) is 0 Å². The number of amides is 2. The molecule has 2 N–H and O–H groups in total. The number of ether oxygens (including phenoxy) is 3. The van der Waals surface area contributed by atoms with Crippen molar-refractivity contribution < 1.29 is 23.8 Å². The number of hydrogen-bond acceptors (Lipinski definition) is 9. The van der Waals surface area contributed by atoms with Crippen molar-refractivity contribution >= 4 is 45.7 Å². The normalized spacial score (nSPS) is 12.2. The second-order valence-electron chi connectivity index (χ2n) is 6.22. The first-order valence-corrected chi connectivity index (χ1v) is 11.0. The largest absolute Gasteiger partial charge is 0.496 e. The smallest absolute Gasteiger partial charge is 0.261 e. The van der Waals surface area contributed by atoms with Crippen molar-refractivity contribution in [3.63, 3.8) is 0 Å². The van der Waals surface area contributed by atoms with E-state index in [9.17, 15) is 9.59 Å². The van der Waals surface area contributed by atoms with Crippen molar-refractivity contribution in [3.8, 4) is 17.2 Å². The van der Waals surface area contributed by atoms with Gasteiger partial charge in [-0.3, -0.25) is 14.9 Å². The number of thioether (sulfide) groups is 1. The molecule has 2 amide bonds. The summed E-state index contributed by atoms with van der Waals surface area (Å²) in [6, 6.07) is 12.1. The molecule has 1 aromatic heterocycles. The minimum absolute atomic E-state index is 0.142. The molecule has 0 radical (unpaired) electrons. The first kappa shape index (κ1) is 20.9. The van der Waals surface area contributed by atoms with Gasteiger partial charge >= 0.3 is 0 Å². The summed E-state index contributed by atoms with van der Waals surface area (Å²) in [6.07, 6.45) is 0. The molecule has 31 heavy (non-hydrogen) atoms. The SMILES string of the molecule is COc1ccccc1C(=O)Nc1nnc(SCC(=O)Nc2ccc3c(c2)OCCO3)s1. The van der Waals surface area contributed by atoms with Gasteiger partial charge in [0.05, 0.1) is 18.4 Å². The number of fused-ring (bicyclic) bond motifs is 1. The Morgan fingerprint density at radius 1 is 1.10 bits per heavy atom. The topological polar surface area (TPSA) is 112 Å². The third kappa shape index (κ3) is 5.25. The summed E-state index contributed by atoms with van der Waals surface area (Å²) in [7, 11) is 1.50. The lowest BCUT2D eigenvalue weighted by Crippen LogP contribution is -2.17. The zero-order valence-corrected chi connectivity index (χ0v) is 18.0. The summed E-state index contributed by atoms with van der Waals surface area (Å²) in [5, 5.41) is 13.8. The van der Waals surface area contributed by atoms with Crippen LogP contribution >= 0.6 is 23.1 Å². The molecule has 11 heteroatoms. The van der Waals surface area contributed by atoms with E-state index in [0.717, 1.165) is 0 Å². The highest BCUT2D eigenvalue weighted by Gasteiger charge is 2.16. The zero-order valence-electron chi connectivity index (χ0n) is 16.4. The third-order valence-corrected chi connectivity index (χ3v) is 6.10. The van der Waals surface area contributed by atoms with Crippen LogP contribution in [0.3, 0.4) is 0 Å². The molecule has 9 nitrogen and oxygen atoms in total. The summed E-state index contributed by atoms with van der Waals surface area (Å²) >= 11 is 2.42. The Hall–Kier alpha value is -3.31. The van der Waals surface area contributed by atoms with Gasteiger partial charge in [-0.1, -0.05) is 35.2 Å². The van der Waals surface area contributed by atoms with Gasteiger partial charge in [-0.25, -0.2) is 0 Å². The maximum absolute atomic E-state index is 12.4. The summed E-state index contributed by atoms with van der Waals surface area (Å²) in [5.74, 6) is 1.34. The Morgan fingerprint density at radius 2 is 1.90 bits per heavy atom. The zero-order chi connectivity index (χ0) is 21.6. The van der Waals surface area contributed by atoms with E-state index in [1.807, 2.05) is 0 Å². The van der Waals surface area contributed by atoms with Crippen LogP contribution in [0.4, 0.5) is 10.8 Å². The minimum Gasteiger partial charge on any atom is -0.496 e. The van der Waals surface area contributed by atoms with Crippen molar-refractivity contribution in [2.45, 2.75) is 4.34 Å². The van der Waals surface area contributed by atoms with Crippen LogP contribution in [-0.2, 0) is 4.79 Å². The van der Waals surface area contributed by atoms with Crippen molar-refractivity contribution in [1.82, 2.24) is 10.2 Å². The van der Waals surface area contributed by atoms with Crippen LogP contribution in [0.1, 0.15) is 10.4 Å². The molecule has 1 aliphatic heterocycles. The standard InChI is InChI=1S/C20H18N4O5S2/c1-27-14-5-3-2-4-13(14)18(26)22-19-23-24-20(31-19)30-11-17(25)21-12-6-7-15-16(10-12)29-9-8-28-15/h2-7,10H,8-9,11H2,1H3,(H,21,25)(H,22,23,26). The third-order valence-electron chi connectivity index (χ3n) is 4.13. The van der Waals surface area contributed by atoms with Crippen molar-refractivity contribution in [3.05, 3.63) is 48.0 Å². The van der Waals surface area contributed by atoms with Crippen LogP contribution in [0.5, 0.6) is 17.2 Å². The summed E-state index contributed by atoms with van der Waals surface area (Å²) in [4.78, 5) is 24.7. The van der Waals surface area contributed by atoms with E-state index < -0.39 is 0 Å². The molecule has 0 saturated heterocycles. The highest BCUT2D eigenvalue weighted by atomic mass is 32.2. The van der Waals surface area contributed by atoms with E-state index in [0.29, 0.717) is 51.2 Å². The van der Waals surface area contributed by atoms with Crippen molar-refractivity contribution in [2.75, 3.05) is 36.7 Å². The Bertz CT molecular complexity index is 1100. The van der Waals surface area contributed by atoms with Crippen LogP contribution < -0.4 is 24.8 Å². The minimum atomic E-state index is -0.346. The molecule has 0 atom stereocenters. The number of methoxy groups -OCH3 is 1. The predicted octanol–water partition coefficient (Wildman–Crippen LogP) is 3.30. The van der Waals surface area contributed by atoms with E-state index in [-0.39, 0.29) is 17.6 Å². The number of hydrogen-bond donors (Lipinski definition) is 2. The van der Waals surface area contributed by atoms with Gasteiger partial charge < -0.3 is 19.5 Å². The molecule has 2 heterocycles. The van der Waals surface area contributed by atoms with Crippen LogP contribution in [-0.4, -0.2) is 48.1 Å². The van der Waals surface area contributed by atoms with Crippen LogP contribution in [0.2, 0.25) is 0 Å². The van der Waals surface area contributed by atoms with E-state index >= 15 is 0 Å². The number of rotatable bonds is 7. The number of carbonyl (C=O) groups is 2. The average Bonchev–Trinajstić information content (AvgIpc) is 3.24. The fourth-order valence-corrected chi connectivity index (χ4v) is 4.31. The number of nitrogens with one attached hydrogen (secondary N) is 2. The molecule has 0 saturated carbocycles. The predicted molar refractivity (Wildman–Crippen MR) is 118 cm³/mol. The maximum Gasteiger partial charge on any atom is 0.261 e. The van der Waals surface area contributed by atoms with E-state index in [4.69, 9.17) is 14.2 Å². The highest BCUT2D eigenvalue weighted by molar-refractivity contribution is 8.01. The first-order chi connectivity index (χ1) is 15.1. The van der Waals surface area contributed by atoms with Crippen LogP contribution in [0, 0.1) is 0 Å². The van der Waals surface area contributed by atoms with Gasteiger partial charge in [-0.2, -0.15) is 0 Å².